The van der Waals surface area contributed by atoms with Gasteiger partial charge in [-0.1, -0.05) is 11.6 Å². The molecule has 0 amide bonds. The molecule has 1 rings (SSSR count). The number of nitrogen functional groups attached to an aromatic ring is 1. The lowest BCUT2D eigenvalue weighted by Gasteiger charge is -2.07. The first-order valence-electron chi connectivity index (χ1n) is 4.91. The molecule has 88 valence electrons. The number of halogens is 1. The van der Waals surface area contributed by atoms with Gasteiger partial charge in [0.05, 0.1) is 23.3 Å². The Morgan fingerprint density at radius 1 is 1.62 bits per heavy atom. The molecule has 1 aromatic rings. The molecule has 0 aliphatic heterocycles. The fourth-order valence-corrected chi connectivity index (χ4v) is 1.29. The van der Waals surface area contributed by atoms with Gasteiger partial charge < -0.3 is 15.6 Å². The number of anilines is 1. The highest BCUT2D eigenvalue weighted by molar-refractivity contribution is 6.33. The maximum atomic E-state index is 11.6. The number of aliphatic hydroxyl groups excluding tert-OH is 1. The molecule has 0 bridgehead atoms. The Morgan fingerprint density at radius 2 is 2.31 bits per heavy atom. The van der Waals surface area contributed by atoms with E-state index >= 15 is 0 Å². The highest BCUT2D eigenvalue weighted by atomic mass is 35.5. The number of rotatable bonds is 4. The summed E-state index contributed by atoms with van der Waals surface area (Å²) in [5, 5.41) is 9.30. The Labute approximate surface area is 99.0 Å². The van der Waals surface area contributed by atoms with Gasteiger partial charge in [0, 0.05) is 12.1 Å². The molecule has 0 fully saturated rings. The Kier molecular flexibility index (Phi) is 4.58. The molecule has 1 aromatic carbocycles. The van der Waals surface area contributed by atoms with Crippen molar-refractivity contribution >= 4 is 23.3 Å². The standard InChI is InChI=1S/C11H14ClNO3/c1-7(14)4-5-16-11(15)9-6-8(13)2-3-10(9)12/h2-3,6-7,14H,4-5,13H2,1H3. The van der Waals surface area contributed by atoms with Gasteiger partial charge >= 0.3 is 5.97 Å². The van der Waals surface area contributed by atoms with Crippen molar-refractivity contribution in [2.24, 2.45) is 0 Å². The SMILES string of the molecule is CC(O)CCOC(=O)c1cc(N)ccc1Cl. The predicted octanol–water partition coefficient (Wildman–Crippen LogP) is 1.85. The van der Waals surface area contributed by atoms with Crippen LogP contribution < -0.4 is 5.73 Å². The fourth-order valence-electron chi connectivity index (χ4n) is 1.10. The average molecular weight is 244 g/mol. The third-order valence-electron chi connectivity index (χ3n) is 1.98. The van der Waals surface area contributed by atoms with Gasteiger partial charge in [-0.05, 0) is 25.1 Å². The molecular weight excluding hydrogens is 230 g/mol. The van der Waals surface area contributed by atoms with Crippen LogP contribution >= 0.6 is 11.6 Å². The van der Waals surface area contributed by atoms with Crippen molar-refractivity contribution in [3.8, 4) is 0 Å². The van der Waals surface area contributed by atoms with Crippen LogP contribution in [0.1, 0.15) is 23.7 Å². The van der Waals surface area contributed by atoms with Gasteiger partial charge in [0.1, 0.15) is 0 Å². The van der Waals surface area contributed by atoms with E-state index in [-0.39, 0.29) is 12.2 Å². The summed E-state index contributed by atoms with van der Waals surface area (Å²) in [6.45, 7) is 1.78. The van der Waals surface area contributed by atoms with Gasteiger partial charge in [-0.15, -0.1) is 0 Å². The number of hydrogen-bond donors (Lipinski definition) is 2. The highest BCUT2D eigenvalue weighted by Gasteiger charge is 2.12. The van der Waals surface area contributed by atoms with Crippen LogP contribution in [-0.4, -0.2) is 23.8 Å². The molecule has 16 heavy (non-hydrogen) atoms. The number of ether oxygens (including phenoxy) is 1. The Bertz CT molecular complexity index is 379. The number of esters is 1. The Hall–Kier alpha value is -1.26. The molecule has 5 heteroatoms. The second kappa shape index (κ2) is 5.72. The Balaban J connectivity index is 2.62. The van der Waals surface area contributed by atoms with Crippen molar-refractivity contribution in [3.05, 3.63) is 28.8 Å². The minimum absolute atomic E-state index is 0.154. The Morgan fingerprint density at radius 3 is 2.94 bits per heavy atom. The van der Waals surface area contributed by atoms with Crippen molar-refractivity contribution in [1.29, 1.82) is 0 Å². The molecule has 0 spiro atoms. The van der Waals surface area contributed by atoms with Crippen molar-refractivity contribution < 1.29 is 14.6 Å². The van der Waals surface area contributed by atoms with Crippen molar-refractivity contribution in [2.45, 2.75) is 19.4 Å². The summed E-state index contributed by atoms with van der Waals surface area (Å²) in [6, 6.07) is 4.62. The molecule has 3 N–H and O–H groups in total. The third-order valence-corrected chi connectivity index (χ3v) is 2.31. The largest absolute Gasteiger partial charge is 0.462 e. The first-order valence-corrected chi connectivity index (χ1v) is 5.28. The smallest absolute Gasteiger partial charge is 0.339 e. The van der Waals surface area contributed by atoms with Crippen LogP contribution in [-0.2, 0) is 4.74 Å². The minimum atomic E-state index is -0.530. The summed E-state index contributed by atoms with van der Waals surface area (Å²) in [6.07, 6.45) is -0.102. The van der Waals surface area contributed by atoms with Gasteiger partial charge in [-0.3, -0.25) is 0 Å². The molecule has 0 radical (unpaired) electrons. The lowest BCUT2D eigenvalue weighted by molar-refractivity contribution is 0.0444. The van der Waals surface area contributed by atoms with Gasteiger partial charge in [0.15, 0.2) is 0 Å². The van der Waals surface area contributed by atoms with Crippen LogP contribution in [0.2, 0.25) is 5.02 Å². The lowest BCUT2D eigenvalue weighted by atomic mass is 10.2. The molecule has 0 saturated carbocycles. The first kappa shape index (κ1) is 12.8. The first-order chi connectivity index (χ1) is 7.50. The third kappa shape index (κ3) is 3.72. The summed E-state index contributed by atoms with van der Waals surface area (Å²) < 4.78 is 4.94. The van der Waals surface area contributed by atoms with Crippen LogP contribution in [0.15, 0.2) is 18.2 Å². The quantitative estimate of drug-likeness (QED) is 0.625. The molecular formula is C11H14ClNO3. The van der Waals surface area contributed by atoms with E-state index in [1.165, 1.54) is 6.07 Å². The zero-order valence-electron chi connectivity index (χ0n) is 8.94. The molecule has 0 aromatic heterocycles. The van der Waals surface area contributed by atoms with Crippen molar-refractivity contribution in [2.75, 3.05) is 12.3 Å². The number of carbonyl (C=O) groups excluding carboxylic acids is 1. The summed E-state index contributed by atoms with van der Waals surface area (Å²) in [5.74, 6) is -0.530. The van der Waals surface area contributed by atoms with E-state index in [0.29, 0.717) is 17.1 Å². The van der Waals surface area contributed by atoms with Crippen LogP contribution in [0.5, 0.6) is 0 Å². The van der Waals surface area contributed by atoms with E-state index in [9.17, 15) is 4.79 Å². The molecule has 4 nitrogen and oxygen atoms in total. The zero-order chi connectivity index (χ0) is 12.1. The topological polar surface area (TPSA) is 72.5 Å². The van der Waals surface area contributed by atoms with Gasteiger partial charge in [0.2, 0.25) is 0 Å². The minimum Gasteiger partial charge on any atom is -0.462 e. The second-order valence-corrected chi connectivity index (χ2v) is 3.92. The monoisotopic (exact) mass is 243 g/mol. The van der Waals surface area contributed by atoms with Gasteiger partial charge in [0.25, 0.3) is 0 Å². The second-order valence-electron chi connectivity index (χ2n) is 3.51. The normalized spacial score (nSPS) is 12.2. The average Bonchev–Trinajstić information content (AvgIpc) is 2.21. The van der Waals surface area contributed by atoms with E-state index in [4.69, 9.17) is 27.2 Å². The van der Waals surface area contributed by atoms with E-state index in [1.807, 2.05) is 0 Å². The number of hydrogen-bond acceptors (Lipinski definition) is 4. The number of aliphatic hydroxyl groups is 1. The molecule has 0 aliphatic carbocycles. The van der Waals surface area contributed by atoms with E-state index < -0.39 is 12.1 Å². The lowest BCUT2D eigenvalue weighted by Crippen LogP contribution is -2.11. The molecule has 0 aliphatic rings. The molecule has 1 atom stereocenters. The highest BCUT2D eigenvalue weighted by Crippen LogP contribution is 2.19. The van der Waals surface area contributed by atoms with Crippen molar-refractivity contribution in [3.63, 3.8) is 0 Å². The molecule has 0 heterocycles. The van der Waals surface area contributed by atoms with Crippen LogP contribution in [0.4, 0.5) is 5.69 Å². The van der Waals surface area contributed by atoms with Crippen LogP contribution in [0, 0.1) is 0 Å². The molecule has 1 unspecified atom stereocenters. The van der Waals surface area contributed by atoms with E-state index in [1.54, 1.807) is 19.1 Å². The maximum Gasteiger partial charge on any atom is 0.339 e. The zero-order valence-corrected chi connectivity index (χ0v) is 9.70. The van der Waals surface area contributed by atoms with Gasteiger partial charge in [-0.25, -0.2) is 4.79 Å². The van der Waals surface area contributed by atoms with Crippen LogP contribution in [0.3, 0.4) is 0 Å². The number of benzene rings is 1. The number of nitrogens with two attached hydrogens (primary N) is 1. The predicted molar refractivity (Wildman–Crippen MR) is 62.4 cm³/mol. The maximum absolute atomic E-state index is 11.6. The van der Waals surface area contributed by atoms with Crippen molar-refractivity contribution in [1.82, 2.24) is 0 Å². The van der Waals surface area contributed by atoms with E-state index in [0.717, 1.165) is 0 Å². The summed E-state index contributed by atoms with van der Waals surface area (Å²) in [4.78, 5) is 11.6. The van der Waals surface area contributed by atoms with Gasteiger partial charge in [-0.2, -0.15) is 0 Å². The summed E-state index contributed by atoms with van der Waals surface area (Å²) in [7, 11) is 0. The summed E-state index contributed by atoms with van der Waals surface area (Å²) in [5.41, 5.74) is 6.23. The van der Waals surface area contributed by atoms with Crippen LogP contribution in [0.25, 0.3) is 0 Å². The fraction of sp³-hybridized carbons (Fsp3) is 0.364. The summed E-state index contributed by atoms with van der Waals surface area (Å²) >= 11 is 5.83. The van der Waals surface area contributed by atoms with E-state index in [2.05, 4.69) is 0 Å². The number of carbonyl (C=O) groups is 1. The molecule has 0 saturated heterocycles.